The van der Waals surface area contributed by atoms with E-state index < -0.39 is 0 Å². The van der Waals surface area contributed by atoms with E-state index in [0.717, 1.165) is 18.4 Å². The van der Waals surface area contributed by atoms with Crippen LogP contribution < -0.4 is 10.9 Å². The molecule has 132 valence electrons. The topological polar surface area (TPSA) is 78.1 Å². The summed E-state index contributed by atoms with van der Waals surface area (Å²) in [5, 5.41) is 4.41. The Labute approximate surface area is 150 Å². The van der Waals surface area contributed by atoms with E-state index >= 15 is 0 Å². The average Bonchev–Trinajstić information content (AvgIpc) is 2.67. The van der Waals surface area contributed by atoms with Crippen LogP contribution in [0.3, 0.4) is 0 Å². The Bertz CT molecular complexity index is 1030. The van der Waals surface area contributed by atoms with E-state index in [1.807, 2.05) is 23.1 Å². The summed E-state index contributed by atoms with van der Waals surface area (Å²) in [5.74, 6) is 0.626. The zero-order valence-electron chi connectivity index (χ0n) is 14.5. The van der Waals surface area contributed by atoms with Crippen LogP contribution in [-0.4, -0.2) is 33.9 Å². The second kappa shape index (κ2) is 6.63. The van der Waals surface area contributed by atoms with E-state index in [2.05, 4.69) is 34.3 Å². The van der Waals surface area contributed by atoms with Crippen molar-refractivity contribution in [3.63, 3.8) is 0 Å². The van der Waals surface area contributed by atoms with Gasteiger partial charge in [0.1, 0.15) is 5.82 Å². The van der Waals surface area contributed by atoms with Crippen LogP contribution in [0.1, 0.15) is 24.1 Å². The third-order valence-corrected chi connectivity index (χ3v) is 4.99. The van der Waals surface area contributed by atoms with Gasteiger partial charge in [0, 0.05) is 18.9 Å². The van der Waals surface area contributed by atoms with E-state index in [1.165, 1.54) is 17.3 Å². The maximum absolute atomic E-state index is 12.7. The molecule has 1 unspecified atom stereocenters. The van der Waals surface area contributed by atoms with Gasteiger partial charge in [-0.3, -0.25) is 9.59 Å². The molecule has 0 radical (unpaired) electrons. The van der Waals surface area contributed by atoms with Crippen LogP contribution in [0, 0.1) is 0 Å². The predicted molar refractivity (Wildman–Crippen MR) is 101 cm³/mol. The summed E-state index contributed by atoms with van der Waals surface area (Å²) in [7, 11) is 0. The second-order valence-corrected chi connectivity index (χ2v) is 6.53. The Hall–Kier alpha value is -3.15. The number of carbonyl (C=O) groups is 1. The van der Waals surface area contributed by atoms with E-state index in [4.69, 9.17) is 0 Å². The van der Waals surface area contributed by atoms with E-state index in [-0.39, 0.29) is 24.1 Å². The molecule has 0 spiro atoms. The average molecular weight is 348 g/mol. The van der Waals surface area contributed by atoms with Gasteiger partial charge in [-0.1, -0.05) is 24.3 Å². The molecule has 26 heavy (non-hydrogen) atoms. The van der Waals surface area contributed by atoms with Crippen molar-refractivity contribution in [3.8, 4) is 0 Å². The van der Waals surface area contributed by atoms with Crippen LogP contribution in [-0.2, 0) is 11.2 Å². The number of hydrogen-bond acceptors (Lipinski definition) is 4. The molecule has 3 heterocycles. The number of fused-ring (bicyclic) bond motifs is 2. The highest BCUT2D eigenvalue weighted by Gasteiger charge is 2.26. The Morgan fingerprint density at radius 1 is 1.35 bits per heavy atom. The molecule has 0 saturated heterocycles. The quantitative estimate of drug-likeness (QED) is 0.762. The Kier molecular flexibility index (Phi) is 4.16. The van der Waals surface area contributed by atoms with Gasteiger partial charge in [-0.25, -0.2) is 4.98 Å². The molecule has 6 heteroatoms. The third kappa shape index (κ3) is 2.94. The molecule has 2 aromatic heterocycles. The molecule has 0 bridgehead atoms. The highest BCUT2D eigenvalue weighted by Crippen LogP contribution is 2.29. The number of H-pyrrole nitrogens is 1. The van der Waals surface area contributed by atoms with Crippen molar-refractivity contribution >= 4 is 22.5 Å². The molecule has 1 aliphatic heterocycles. The summed E-state index contributed by atoms with van der Waals surface area (Å²) in [6.45, 7) is 2.96. The molecular weight excluding hydrogens is 328 g/mol. The first-order chi connectivity index (χ1) is 12.6. The van der Waals surface area contributed by atoms with E-state index in [1.54, 1.807) is 12.3 Å². The van der Waals surface area contributed by atoms with Crippen molar-refractivity contribution in [2.24, 2.45) is 0 Å². The number of amides is 1. The SMILES string of the molecule is CC1c2ccccc2CCN1C(=O)CNc1cc2cc[nH]c(=O)c2cn1. The summed E-state index contributed by atoms with van der Waals surface area (Å²) in [4.78, 5) is 33.2. The minimum Gasteiger partial charge on any atom is -0.361 e. The first kappa shape index (κ1) is 16.3. The highest BCUT2D eigenvalue weighted by atomic mass is 16.2. The number of nitrogens with one attached hydrogen (secondary N) is 2. The van der Waals surface area contributed by atoms with Crippen LogP contribution >= 0.6 is 0 Å². The molecule has 2 N–H and O–H groups in total. The highest BCUT2D eigenvalue weighted by molar-refractivity contribution is 5.85. The van der Waals surface area contributed by atoms with Crippen molar-refractivity contribution in [2.75, 3.05) is 18.4 Å². The number of benzene rings is 1. The lowest BCUT2D eigenvalue weighted by molar-refractivity contribution is -0.131. The fourth-order valence-electron chi connectivity index (χ4n) is 3.56. The summed E-state index contributed by atoms with van der Waals surface area (Å²) < 4.78 is 0. The van der Waals surface area contributed by atoms with Crippen LogP contribution in [0.25, 0.3) is 10.8 Å². The first-order valence-electron chi connectivity index (χ1n) is 8.72. The van der Waals surface area contributed by atoms with Crippen LogP contribution in [0.2, 0.25) is 0 Å². The van der Waals surface area contributed by atoms with Crippen molar-refractivity contribution in [1.29, 1.82) is 0 Å². The number of hydrogen-bond donors (Lipinski definition) is 2. The van der Waals surface area contributed by atoms with Crippen LogP contribution in [0.15, 0.2) is 53.6 Å². The maximum atomic E-state index is 12.7. The fourth-order valence-corrected chi connectivity index (χ4v) is 3.56. The normalized spacial score (nSPS) is 16.3. The lowest BCUT2D eigenvalue weighted by Gasteiger charge is -2.35. The number of pyridine rings is 2. The van der Waals surface area contributed by atoms with Gasteiger partial charge in [0.25, 0.3) is 5.56 Å². The number of nitrogens with zero attached hydrogens (tertiary/aromatic N) is 2. The van der Waals surface area contributed by atoms with Crippen LogP contribution in [0.4, 0.5) is 5.82 Å². The van der Waals surface area contributed by atoms with Gasteiger partial charge in [0.15, 0.2) is 0 Å². The number of anilines is 1. The molecule has 1 atom stereocenters. The lowest BCUT2D eigenvalue weighted by Crippen LogP contribution is -2.41. The standard InChI is InChI=1S/C20H20N4O2/c1-13-16-5-3-2-4-14(16)7-9-24(13)19(25)12-23-18-10-15-6-8-21-20(26)17(15)11-22-18/h2-6,8,10-11,13H,7,9,12H2,1H3,(H,21,26)(H,22,23). The number of aromatic amines is 1. The van der Waals surface area contributed by atoms with Crippen molar-refractivity contribution in [1.82, 2.24) is 14.9 Å². The Balaban J connectivity index is 1.47. The van der Waals surface area contributed by atoms with Gasteiger partial charge in [0.2, 0.25) is 5.91 Å². The van der Waals surface area contributed by atoms with E-state index in [9.17, 15) is 9.59 Å². The first-order valence-corrected chi connectivity index (χ1v) is 8.72. The number of carbonyl (C=O) groups excluding carboxylic acids is 1. The molecule has 0 aliphatic carbocycles. The van der Waals surface area contributed by atoms with Crippen molar-refractivity contribution in [3.05, 3.63) is 70.3 Å². The molecule has 3 aromatic rings. The maximum Gasteiger partial charge on any atom is 0.257 e. The third-order valence-electron chi connectivity index (χ3n) is 4.99. The van der Waals surface area contributed by atoms with Crippen molar-refractivity contribution in [2.45, 2.75) is 19.4 Å². The Morgan fingerprint density at radius 3 is 3.08 bits per heavy atom. The van der Waals surface area contributed by atoms with Crippen molar-refractivity contribution < 1.29 is 4.79 Å². The smallest absolute Gasteiger partial charge is 0.257 e. The largest absolute Gasteiger partial charge is 0.361 e. The molecule has 1 aromatic carbocycles. The molecule has 4 rings (SSSR count). The summed E-state index contributed by atoms with van der Waals surface area (Å²) in [5.41, 5.74) is 2.37. The van der Waals surface area contributed by atoms with Gasteiger partial charge >= 0.3 is 0 Å². The van der Waals surface area contributed by atoms with Gasteiger partial charge in [-0.15, -0.1) is 0 Å². The molecular formula is C20H20N4O2. The minimum atomic E-state index is -0.168. The summed E-state index contributed by atoms with van der Waals surface area (Å²) >= 11 is 0. The van der Waals surface area contributed by atoms with Gasteiger partial charge in [-0.05, 0) is 42.0 Å². The molecule has 6 nitrogen and oxygen atoms in total. The monoisotopic (exact) mass is 348 g/mol. The summed E-state index contributed by atoms with van der Waals surface area (Å²) in [6, 6.07) is 11.9. The van der Waals surface area contributed by atoms with E-state index in [0.29, 0.717) is 11.2 Å². The molecule has 0 fully saturated rings. The Morgan fingerprint density at radius 2 is 2.19 bits per heavy atom. The summed E-state index contributed by atoms with van der Waals surface area (Å²) in [6.07, 6.45) is 4.01. The predicted octanol–water partition coefficient (Wildman–Crippen LogP) is 2.48. The zero-order valence-corrected chi connectivity index (χ0v) is 14.5. The fraction of sp³-hybridized carbons (Fsp3) is 0.250. The minimum absolute atomic E-state index is 0.0415. The lowest BCUT2D eigenvalue weighted by atomic mass is 9.93. The number of aromatic nitrogens is 2. The van der Waals surface area contributed by atoms with Gasteiger partial charge in [0.05, 0.1) is 18.0 Å². The molecule has 1 amide bonds. The van der Waals surface area contributed by atoms with Crippen LogP contribution in [0.5, 0.6) is 0 Å². The number of rotatable bonds is 3. The second-order valence-electron chi connectivity index (χ2n) is 6.53. The molecule has 1 aliphatic rings. The van der Waals surface area contributed by atoms with Gasteiger partial charge in [-0.2, -0.15) is 0 Å². The molecule has 0 saturated carbocycles. The zero-order chi connectivity index (χ0) is 18.1. The van der Waals surface area contributed by atoms with Gasteiger partial charge < -0.3 is 15.2 Å².